The first-order valence-electron chi connectivity index (χ1n) is 16.8. The fourth-order valence-electron chi connectivity index (χ4n) is 6.43. The zero-order valence-electron chi connectivity index (χ0n) is 28.0. The molecule has 3 unspecified atom stereocenters. The Morgan fingerprint density at radius 1 is 1.09 bits per heavy atom. The number of aldehydes is 1. The number of nitrogens with zero attached hydrogens (tertiary/aromatic N) is 2. The molecule has 3 atom stereocenters. The lowest BCUT2D eigenvalue weighted by atomic mass is 9.81. The van der Waals surface area contributed by atoms with Crippen LogP contribution in [0.15, 0.2) is 73.9 Å². The summed E-state index contributed by atoms with van der Waals surface area (Å²) in [7, 11) is 0. The Balaban J connectivity index is 1.72. The average molecular weight is 600 g/mol. The van der Waals surface area contributed by atoms with Gasteiger partial charge in [0.1, 0.15) is 6.29 Å². The number of ether oxygens (including phenoxy) is 1. The largest absolute Gasteiger partial charge is 0.383 e. The van der Waals surface area contributed by atoms with Gasteiger partial charge in [-0.2, -0.15) is 0 Å². The van der Waals surface area contributed by atoms with Gasteiger partial charge >= 0.3 is 0 Å². The van der Waals surface area contributed by atoms with Gasteiger partial charge in [0, 0.05) is 48.7 Å². The highest BCUT2D eigenvalue weighted by Crippen LogP contribution is 2.37. The fourth-order valence-corrected chi connectivity index (χ4v) is 6.43. The summed E-state index contributed by atoms with van der Waals surface area (Å²) in [6.45, 7) is 27.7. The number of piperidine rings is 1. The molecule has 5 nitrogen and oxygen atoms in total. The van der Waals surface area contributed by atoms with Crippen LogP contribution >= 0.6 is 0 Å². The van der Waals surface area contributed by atoms with Gasteiger partial charge < -0.3 is 19.9 Å². The van der Waals surface area contributed by atoms with Crippen LogP contribution < -0.4 is 10.2 Å². The summed E-state index contributed by atoms with van der Waals surface area (Å²) in [6, 6.07) is 14.5. The number of para-hydroxylation sites is 1. The zero-order valence-corrected chi connectivity index (χ0v) is 28.0. The molecule has 0 bridgehead atoms. The van der Waals surface area contributed by atoms with Gasteiger partial charge in [0.15, 0.2) is 0 Å². The summed E-state index contributed by atoms with van der Waals surface area (Å²) >= 11 is 0. The van der Waals surface area contributed by atoms with Gasteiger partial charge in [-0.1, -0.05) is 103 Å². The monoisotopic (exact) mass is 599 g/mol. The molecule has 3 rings (SSSR count). The summed E-state index contributed by atoms with van der Waals surface area (Å²) in [5.41, 5.74) is 7.15. The van der Waals surface area contributed by atoms with Gasteiger partial charge in [0.2, 0.25) is 0 Å². The summed E-state index contributed by atoms with van der Waals surface area (Å²) in [5, 5.41) is 3.66. The van der Waals surface area contributed by atoms with Crippen LogP contribution in [0.1, 0.15) is 93.6 Å². The van der Waals surface area contributed by atoms with Crippen molar-refractivity contribution in [2.24, 2.45) is 5.92 Å². The Bertz CT molecular complexity index is 1220. The highest BCUT2D eigenvalue weighted by molar-refractivity contribution is 5.79. The van der Waals surface area contributed by atoms with E-state index < -0.39 is 0 Å². The first-order chi connectivity index (χ1) is 21.3. The van der Waals surface area contributed by atoms with Crippen LogP contribution in [0, 0.1) is 5.92 Å². The van der Waals surface area contributed by atoms with E-state index in [1.54, 1.807) is 0 Å². The Kier molecular flexibility index (Phi) is 14.9. The fraction of sp³-hybridized carbons (Fsp3) is 0.513. The maximum Gasteiger partial charge on any atom is 0.150 e. The summed E-state index contributed by atoms with van der Waals surface area (Å²) < 4.78 is 6.44. The van der Waals surface area contributed by atoms with Gasteiger partial charge in [-0.05, 0) is 73.5 Å². The van der Waals surface area contributed by atoms with Crippen molar-refractivity contribution >= 4 is 23.2 Å². The second kappa shape index (κ2) is 18.6. The predicted molar refractivity (Wildman–Crippen MR) is 190 cm³/mol. The molecule has 0 aromatic heterocycles. The van der Waals surface area contributed by atoms with Gasteiger partial charge in [0.05, 0.1) is 12.7 Å². The van der Waals surface area contributed by atoms with E-state index in [1.165, 1.54) is 44.3 Å². The average Bonchev–Trinajstić information content (AvgIpc) is 3.06. The number of likely N-dealkylation sites (tertiary alicyclic amines) is 1. The van der Waals surface area contributed by atoms with Crippen molar-refractivity contribution in [1.82, 2.24) is 4.90 Å². The molecule has 1 saturated heterocycles. The first kappa shape index (κ1) is 35.3. The minimum absolute atomic E-state index is 0.154. The van der Waals surface area contributed by atoms with E-state index in [0.717, 1.165) is 60.3 Å². The Labute approximate surface area is 268 Å². The third-order valence-corrected chi connectivity index (χ3v) is 9.28. The van der Waals surface area contributed by atoms with E-state index >= 15 is 0 Å². The van der Waals surface area contributed by atoms with Crippen molar-refractivity contribution in [2.75, 3.05) is 56.1 Å². The molecule has 2 aromatic carbocycles. The standard InChI is InChI=1S/C39H57N3O2/c1-8-16-35(10-3)32(6)37-20-19-34(29-43)27-39(37)42(28-30(4)9-2)25-26-44-33(7)31(5)36-17-12-13-18-38(36)40-21-24-41-22-14-11-15-23-41/h9,12-13,17-20,27,29,32-33,35,40H,2,4-5,8,10-11,14-16,21-26,28H2,1,3,6-7H3. The lowest BCUT2D eigenvalue weighted by Crippen LogP contribution is -2.33. The Hall–Kier alpha value is -3.15. The van der Waals surface area contributed by atoms with Gasteiger partial charge in [-0.25, -0.2) is 0 Å². The van der Waals surface area contributed by atoms with E-state index in [1.807, 2.05) is 18.2 Å². The van der Waals surface area contributed by atoms with Crippen LogP contribution in [-0.2, 0) is 4.74 Å². The number of hydrogen-bond donors (Lipinski definition) is 1. The van der Waals surface area contributed by atoms with Gasteiger partial charge in [0.25, 0.3) is 0 Å². The molecular weight excluding hydrogens is 542 g/mol. The van der Waals surface area contributed by atoms with Crippen molar-refractivity contribution in [2.45, 2.75) is 78.2 Å². The maximum absolute atomic E-state index is 11.8. The molecule has 1 aliphatic heterocycles. The normalized spacial score (nSPS) is 15.6. The van der Waals surface area contributed by atoms with Crippen molar-refractivity contribution < 1.29 is 9.53 Å². The van der Waals surface area contributed by atoms with Crippen molar-refractivity contribution in [3.63, 3.8) is 0 Å². The van der Waals surface area contributed by atoms with E-state index in [9.17, 15) is 4.79 Å². The third-order valence-electron chi connectivity index (χ3n) is 9.28. The Morgan fingerprint density at radius 3 is 2.52 bits per heavy atom. The van der Waals surface area contributed by atoms with Crippen molar-refractivity contribution in [3.05, 3.63) is 90.5 Å². The minimum atomic E-state index is -0.154. The molecule has 1 aliphatic rings. The van der Waals surface area contributed by atoms with Crippen LogP contribution in [0.3, 0.4) is 0 Å². The molecule has 0 spiro atoms. The molecule has 1 fully saturated rings. The van der Waals surface area contributed by atoms with Crippen molar-refractivity contribution in [3.8, 4) is 0 Å². The van der Waals surface area contributed by atoms with E-state index in [-0.39, 0.29) is 6.10 Å². The van der Waals surface area contributed by atoms with Crippen LogP contribution in [0.25, 0.3) is 5.57 Å². The molecule has 240 valence electrons. The summed E-state index contributed by atoms with van der Waals surface area (Å²) in [4.78, 5) is 16.7. The quantitative estimate of drug-likeness (QED) is 0.122. The van der Waals surface area contributed by atoms with E-state index in [0.29, 0.717) is 37.1 Å². The van der Waals surface area contributed by atoms with Gasteiger partial charge in [-0.3, -0.25) is 4.79 Å². The Morgan fingerprint density at radius 2 is 1.84 bits per heavy atom. The number of carbonyl (C=O) groups excluding carboxylic acids is 1. The zero-order chi connectivity index (χ0) is 31.9. The summed E-state index contributed by atoms with van der Waals surface area (Å²) in [5.74, 6) is 0.951. The highest BCUT2D eigenvalue weighted by Gasteiger charge is 2.23. The number of hydrogen-bond acceptors (Lipinski definition) is 5. The number of benzene rings is 2. The second-order valence-corrected chi connectivity index (χ2v) is 12.4. The first-order valence-corrected chi connectivity index (χ1v) is 16.8. The van der Waals surface area contributed by atoms with E-state index in [4.69, 9.17) is 4.74 Å². The lowest BCUT2D eigenvalue weighted by Gasteiger charge is -2.32. The van der Waals surface area contributed by atoms with Crippen LogP contribution in [-0.4, -0.2) is 63.2 Å². The second-order valence-electron chi connectivity index (χ2n) is 12.4. The molecule has 2 aromatic rings. The molecule has 5 heteroatoms. The minimum Gasteiger partial charge on any atom is -0.383 e. The molecular formula is C39H57N3O2. The molecule has 0 saturated carbocycles. The number of carbonyl (C=O) groups is 1. The number of nitrogens with one attached hydrogen (secondary N) is 1. The number of rotatable bonds is 20. The molecule has 44 heavy (non-hydrogen) atoms. The van der Waals surface area contributed by atoms with E-state index in [2.05, 4.69) is 92.9 Å². The molecule has 0 amide bonds. The lowest BCUT2D eigenvalue weighted by molar-refractivity contribution is 0.110. The smallest absolute Gasteiger partial charge is 0.150 e. The van der Waals surface area contributed by atoms with Crippen LogP contribution in [0.5, 0.6) is 0 Å². The third kappa shape index (κ3) is 10.2. The molecule has 0 radical (unpaired) electrons. The van der Waals surface area contributed by atoms with Crippen LogP contribution in [0.4, 0.5) is 11.4 Å². The summed E-state index contributed by atoms with van der Waals surface area (Å²) in [6.07, 6.45) is 10.0. The number of anilines is 2. The van der Waals surface area contributed by atoms with Gasteiger partial charge in [-0.15, -0.1) is 0 Å². The SMILES string of the molecule is C=CC(=C)CN(CCOC(C)C(=C)c1ccccc1NCCN1CCCCC1)c1cc(C=O)ccc1C(C)C(CC)CCC. The molecule has 1 heterocycles. The van der Waals surface area contributed by atoms with Crippen molar-refractivity contribution in [1.29, 1.82) is 0 Å². The predicted octanol–water partition coefficient (Wildman–Crippen LogP) is 8.99. The van der Waals surface area contributed by atoms with Crippen LogP contribution in [0.2, 0.25) is 0 Å². The molecule has 0 aliphatic carbocycles. The topological polar surface area (TPSA) is 44.8 Å². The maximum atomic E-state index is 11.8. The molecule has 1 N–H and O–H groups in total. The highest BCUT2D eigenvalue weighted by atomic mass is 16.5.